The third kappa shape index (κ3) is 7.17. The van der Waals surface area contributed by atoms with Crippen molar-refractivity contribution in [1.82, 2.24) is 9.97 Å². The van der Waals surface area contributed by atoms with Gasteiger partial charge < -0.3 is 20.1 Å². The lowest BCUT2D eigenvalue weighted by atomic mass is 10.0. The summed E-state index contributed by atoms with van der Waals surface area (Å²) in [5.41, 5.74) is 2.28. The number of carbonyl (C=O) groups is 1. The molecule has 0 aliphatic heterocycles. The van der Waals surface area contributed by atoms with Crippen molar-refractivity contribution in [3.05, 3.63) is 71.7 Å². The summed E-state index contributed by atoms with van der Waals surface area (Å²) >= 11 is 0. The van der Waals surface area contributed by atoms with Crippen molar-refractivity contribution in [3.63, 3.8) is 0 Å². The second-order valence-corrected chi connectivity index (χ2v) is 8.08. The minimum atomic E-state index is -0.555. The van der Waals surface area contributed by atoms with Crippen LogP contribution in [0.2, 0.25) is 0 Å². The van der Waals surface area contributed by atoms with Gasteiger partial charge in [-0.15, -0.1) is 0 Å². The van der Waals surface area contributed by atoms with Crippen molar-refractivity contribution >= 4 is 23.4 Å². The van der Waals surface area contributed by atoms with E-state index in [9.17, 15) is 9.18 Å². The predicted octanol–water partition coefficient (Wildman–Crippen LogP) is 4.96. The molecule has 174 valence electrons. The van der Waals surface area contributed by atoms with Crippen LogP contribution in [0.25, 0.3) is 0 Å². The predicted molar refractivity (Wildman–Crippen MR) is 126 cm³/mol. The first-order valence-electron chi connectivity index (χ1n) is 10.7. The first-order chi connectivity index (χ1) is 15.9. The Kier molecular flexibility index (Phi) is 8.18. The molecule has 3 rings (SSSR count). The molecule has 7 nitrogen and oxygen atoms in total. The van der Waals surface area contributed by atoms with Crippen molar-refractivity contribution in [3.8, 4) is 5.75 Å². The molecule has 1 atom stereocenters. The summed E-state index contributed by atoms with van der Waals surface area (Å²) in [5, 5.41) is 6.23. The largest absolute Gasteiger partial charge is 0.497 e. The van der Waals surface area contributed by atoms with E-state index in [1.54, 1.807) is 25.3 Å². The van der Waals surface area contributed by atoms with Gasteiger partial charge in [-0.3, -0.25) is 0 Å². The summed E-state index contributed by atoms with van der Waals surface area (Å²) in [7, 11) is 2.99. The maximum Gasteiger partial charge on any atom is 0.328 e. The molecule has 0 unspecified atom stereocenters. The minimum absolute atomic E-state index is 0.270. The third-order valence-electron chi connectivity index (χ3n) is 4.92. The zero-order chi connectivity index (χ0) is 23.8. The molecule has 0 saturated carbocycles. The van der Waals surface area contributed by atoms with Crippen molar-refractivity contribution in [2.24, 2.45) is 5.92 Å². The highest BCUT2D eigenvalue weighted by molar-refractivity contribution is 5.79. The van der Waals surface area contributed by atoms with Gasteiger partial charge in [0.1, 0.15) is 23.4 Å². The summed E-state index contributed by atoms with van der Waals surface area (Å²) in [5.74, 6) is 1.08. The average molecular weight is 453 g/mol. The van der Waals surface area contributed by atoms with Crippen LogP contribution < -0.4 is 15.4 Å². The number of benzene rings is 2. The van der Waals surface area contributed by atoms with Gasteiger partial charge in [-0.05, 0) is 48.2 Å². The second kappa shape index (κ2) is 11.3. The molecule has 3 aromatic rings. The number of methoxy groups -OCH3 is 2. The van der Waals surface area contributed by atoms with E-state index in [-0.39, 0.29) is 17.7 Å². The molecule has 0 amide bonds. The zero-order valence-electron chi connectivity index (χ0n) is 19.3. The highest BCUT2D eigenvalue weighted by Crippen LogP contribution is 2.21. The lowest BCUT2D eigenvalue weighted by Gasteiger charge is -2.20. The molecule has 0 fully saturated rings. The number of aromatic nitrogens is 2. The number of anilines is 3. The molecule has 2 N–H and O–H groups in total. The fraction of sp³-hybridized carbons (Fsp3) is 0.320. The van der Waals surface area contributed by atoms with E-state index in [4.69, 9.17) is 9.47 Å². The van der Waals surface area contributed by atoms with E-state index in [0.29, 0.717) is 30.3 Å². The molecular weight excluding hydrogens is 423 g/mol. The van der Waals surface area contributed by atoms with E-state index in [0.717, 1.165) is 17.0 Å². The molecule has 0 aliphatic carbocycles. The van der Waals surface area contributed by atoms with Crippen LogP contribution in [0, 0.1) is 11.7 Å². The van der Waals surface area contributed by atoms with Crippen LogP contribution in [-0.4, -0.2) is 36.2 Å². The Hall–Kier alpha value is -3.68. The molecule has 1 heterocycles. The Labute approximate surface area is 193 Å². The molecule has 0 bridgehead atoms. The van der Waals surface area contributed by atoms with Crippen molar-refractivity contribution in [1.29, 1.82) is 0 Å². The van der Waals surface area contributed by atoms with E-state index < -0.39 is 6.04 Å². The number of hydrogen-bond acceptors (Lipinski definition) is 7. The van der Waals surface area contributed by atoms with Gasteiger partial charge in [-0.1, -0.05) is 32.0 Å². The van der Waals surface area contributed by atoms with Crippen LogP contribution in [0.15, 0.2) is 54.6 Å². The van der Waals surface area contributed by atoms with Crippen LogP contribution in [-0.2, 0) is 16.0 Å². The Balaban J connectivity index is 1.92. The molecule has 0 radical (unpaired) electrons. The second-order valence-electron chi connectivity index (χ2n) is 8.08. The Morgan fingerprint density at radius 3 is 2.45 bits per heavy atom. The lowest BCUT2D eigenvalue weighted by Crippen LogP contribution is -2.32. The van der Waals surface area contributed by atoms with E-state index in [2.05, 4.69) is 20.6 Å². The smallest absolute Gasteiger partial charge is 0.328 e. The SMILES string of the molecule is COC(=O)[C@@H](CC(C)C)Nc1cc(Cc2ccc(OC)cc2)nc(Nc2cccc(F)c2)n1. The number of carbonyl (C=O) groups excluding carboxylic acids is 1. The van der Waals surface area contributed by atoms with Crippen LogP contribution in [0.1, 0.15) is 31.5 Å². The van der Waals surface area contributed by atoms with Crippen molar-refractivity contribution in [2.75, 3.05) is 24.9 Å². The number of esters is 1. The summed E-state index contributed by atoms with van der Waals surface area (Å²) in [6.45, 7) is 4.06. The number of ether oxygens (including phenoxy) is 2. The molecule has 0 spiro atoms. The third-order valence-corrected chi connectivity index (χ3v) is 4.92. The van der Waals surface area contributed by atoms with E-state index >= 15 is 0 Å². The van der Waals surface area contributed by atoms with Gasteiger partial charge in [0.25, 0.3) is 0 Å². The van der Waals surface area contributed by atoms with E-state index in [1.165, 1.54) is 19.2 Å². The van der Waals surface area contributed by atoms with Gasteiger partial charge in [0.05, 0.1) is 19.9 Å². The highest BCUT2D eigenvalue weighted by atomic mass is 19.1. The maximum atomic E-state index is 13.6. The number of nitrogens with one attached hydrogen (secondary N) is 2. The summed E-state index contributed by atoms with van der Waals surface area (Å²) in [4.78, 5) is 21.4. The standard InChI is InChI=1S/C25H29FN4O3/c1-16(2)12-22(24(31)33-4)29-23-15-20(13-17-8-10-21(32-3)11-9-17)28-25(30-23)27-19-7-5-6-18(26)14-19/h5-11,14-16,22H,12-13H2,1-4H3,(H2,27,28,29,30)/t22-/m1/s1. The molecular formula is C25H29FN4O3. The van der Waals surface area contributed by atoms with Gasteiger partial charge in [0.15, 0.2) is 0 Å². The van der Waals surface area contributed by atoms with Gasteiger partial charge in [-0.25, -0.2) is 14.2 Å². The first kappa shape index (κ1) is 24.0. The summed E-state index contributed by atoms with van der Waals surface area (Å²) < 4.78 is 23.8. The Bertz CT molecular complexity index is 1070. The van der Waals surface area contributed by atoms with Gasteiger partial charge in [0.2, 0.25) is 5.95 Å². The van der Waals surface area contributed by atoms with Crippen LogP contribution in [0.5, 0.6) is 5.75 Å². The van der Waals surface area contributed by atoms with Gasteiger partial charge >= 0.3 is 5.97 Å². The molecule has 1 aromatic heterocycles. The number of halogens is 1. The maximum absolute atomic E-state index is 13.6. The number of nitrogens with zero attached hydrogens (tertiary/aromatic N) is 2. The zero-order valence-corrected chi connectivity index (χ0v) is 19.3. The van der Waals surface area contributed by atoms with Crippen LogP contribution in [0.4, 0.5) is 21.8 Å². The number of rotatable bonds is 10. The van der Waals surface area contributed by atoms with E-state index in [1.807, 2.05) is 38.1 Å². The van der Waals surface area contributed by atoms with Gasteiger partial charge in [-0.2, -0.15) is 4.98 Å². The molecule has 0 aliphatic rings. The Morgan fingerprint density at radius 1 is 1.06 bits per heavy atom. The summed E-state index contributed by atoms with van der Waals surface area (Å²) in [6, 6.07) is 15.0. The molecule has 0 saturated heterocycles. The lowest BCUT2D eigenvalue weighted by molar-refractivity contribution is -0.141. The fourth-order valence-electron chi connectivity index (χ4n) is 3.37. The summed E-state index contributed by atoms with van der Waals surface area (Å²) in [6.07, 6.45) is 1.11. The molecule has 2 aromatic carbocycles. The topological polar surface area (TPSA) is 85.4 Å². The fourth-order valence-corrected chi connectivity index (χ4v) is 3.37. The minimum Gasteiger partial charge on any atom is -0.497 e. The number of hydrogen-bond donors (Lipinski definition) is 2. The monoisotopic (exact) mass is 452 g/mol. The van der Waals surface area contributed by atoms with Crippen LogP contribution in [0.3, 0.4) is 0 Å². The first-order valence-corrected chi connectivity index (χ1v) is 10.7. The quantitative estimate of drug-likeness (QED) is 0.421. The highest BCUT2D eigenvalue weighted by Gasteiger charge is 2.21. The average Bonchev–Trinajstić information content (AvgIpc) is 2.78. The molecule has 33 heavy (non-hydrogen) atoms. The molecule has 8 heteroatoms. The van der Waals surface area contributed by atoms with Crippen molar-refractivity contribution in [2.45, 2.75) is 32.7 Å². The van der Waals surface area contributed by atoms with Crippen molar-refractivity contribution < 1.29 is 18.7 Å². The van der Waals surface area contributed by atoms with Gasteiger partial charge in [0, 0.05) is 18.2 Å². The normalized spacial score (nSPS) is 11.7. The van der Waals surface area contributed by atoms with Crippen LogP contribution >= 0.6 is 0 Å². The Morgan fingerprint density at radius 2 is 1.82 bits per heavy atom.